The highest BCUT2D eigenvalue weighted by Crippen LogP contribution is 2.17. The molecule has 126 valence electrons. The van der Waals surface area contributed by atoms with Crippen molar-refractivity contribution in [2.75, 3.05) is 5.32 Å². The molecule has 0 heterocycles. The number of rotatable bonds is 9. The number of ether oxygens (including phenoxy) is 1. The molecule has 4 nitrogen and oxygen atoms in total. The molecule has 0 aromatic heterocycles. The lowest BCUT2D eigenvalue weighted by molar-refractivity contribution is -0.105. The van der Waals surface area contributed by atoms with Crippen LogP contribution in [0.2, 0.25) is 0 Å². The van der Waals surface area contributed by atoms with Crippen LogP contribution in [0.3, 0.4) is 0 Å². The van der Waals surface area contributed by atoms with Crippen LogP contribution in [0.1, 0.15) is 48.5 Å². The van der Waals surface area contributed by atoms with E-state index in [0.717, 1.165) is 6.42 Å². The van der Waals surface area contributed by atoms with E-state index in [2.05, 4.69) is 12.2 Å². The summed E-state index contributed by atoms with van der Waals surface area (Å²) in [6.07, 6.45) is 6.57. The van der Waals surface area contributed by atoms with Gasteiger partial charge in [0, 0.05) is 5.69 Å². The lowest BCUT2D eigenvalue weighted by Crippen LogP contribution is -2.08. The zero-order valence-corrected chi connectivity index (χ0v) is 14.0. The van der Waals surface area contributed by atoms with Gasteiger partial charge in [-0.05, 0) is 54.8 Å². The molecule has 0 unspecified atom stereocenters. The van der Waals surface area contributed by atoms with Crippen molar-refractivity contribution in [3.63, 3.8) is 0 Å². The number of carbonyl (C=O) groups excluding carboxylic acids is 2. The van der Waals surface area contributed by atoms with Gasteiger partial charge in [-0.15, -0.1) is 0 Å². The number of aryl methyl sites for hydroxylation is 1. The summed E-state index contributed by atoms with van der Waals surface area (Å²) in [6, 6.07) is 14.2. The Kier molecular flexibility index (Phi) is 7.02. The van der Waals surface area contributed by atoms with Gasteiger partial charge in [-0.2, -0.15) is 0 Å². The second-order valence-corrected chi connectivity index (χ2v) is 5.68. The van der Waals surface area contributed by atoms with E-state index in [-0.39, 0.29) is 5.97 Å². The van der Waals surface area contributed by atoms with Crippen LogP contribution >= 0.6 is 0 Å². The topological polar surface area (TPSA) is 55.4 Å². The van der Waals surface area contributed by atoms with Crippen molar-refractivity contribution in [1.82, 2.24) is 0 Å². The van der Waals surface area contributed by atoms with Crippen molar-refractivity contribution in [2.24, 2.45) is 0 Å². The molecule has 1 amide bonds. The summed E-state index contributed by atoms with van der Waals surface area (Å²) < 4.78 is 5.33. The molecule has 0 bridgehead atoms. The Morgan fingerprint density at radius 3 is 2.33 bits per heavy atom. The summed E-state index contributed by atoms with van der Waals surface area (Å²) in [5.41, 5.74) is 2.42. The predicted octanol–water partition coefficient (Wildman–Crippen LogP) is 4.60. The molecule has 0 radical (unpaired) electrons. The standard InChI is InChI=1S/C20H23NO3/c1-2-3-4-5-6-16-7-9-17(10-8-16)20(23)24-19-13-11-18(12-14-19)21-15-22/h7-15H,2-6H2,1H3,(H,21,22). The number of unbranched alkanes of at least 4 members (excludes halogenated alkanes) is 3. The molecule has 0 saturated carbocycles. The van der Waals surface area contributed by atoms with Crippen LogP contribution in [-0.4, -0.2) is 12.4 Å². The Hall–Kier alpha value is -2.62. The van der Waals surface area contributed by atoms with E-state index in [1.54, 1.807) is 36.4 Å². The summed E-state index contributed by atoms with van der Waals surface area (Å²) in [6.45, 7) is 2.20. The fourth-order valence-electron chi connectivity index (χ4n) is 2.42. The van der Waals surface area contributed by atoms with Gasteiger partial charge in [0.2, 0.25) is 6.41 Å². The van der Waals surface area contributed by atoms with Gasteiger partial charge in [0.25, 0.3) is 0 Å². The minimum atomic E-state index is -0.386. The fraction of sp³-hybridized carbons (Fsp3) is 0.300. The maximum Gasteiger partial charge on any atom is 0.343 e. The number of anilines is 1. The Morgan fingerprint density at radius 1 is 1.00 bits per heavy atom. The van der Waals surface area contributed by atoms with Crippen LogP contribution in [0, 0.1) is 0 Å². The quantitative estimate of drug-likeness (QED) is 0.317. The van der Waals surface area contributed by atoms with Crippen LogP contribution in [0.5, 0.6) is 5.75 Å². The maximum atomic E-state index is 12.1. The van der Waals surface area contributed by atoms with Crippen molar-refractivity contribution < 1.29 is 14.3 Å². The summed E-state index contributed by atoms with van der Waals surface area (Å²) in [5.74, 6) is 0.0590. The lowest BCUT2D eigenvalue weighted by atomic mass is 10.0. The molecule has 2 aromatic carbocycles. The van der Waals surface area contributed by atoms with Crippen LogP contribution in [0.25, 0.3) is 0 Å². The van der Waals surface area contributed by atoms with Gasteiger partial charge < -0.3 is 10.1 Å². The van der Waals surface area contributed by atoms with E-state index in [1.807, 2.05) is 12.1 Å². The number of hydrogen-bond donors (Lipinski definition) is 1. The maximum absolute atomic E-state index is 12.1. The monoisotopic (exact) mass is 325 g/mol. The van der Waals surface area contributed by atoms with Gasteiger partial charge in [0.15, 0.2) is 0 Å². The fourth-order valence-corrected chi connectivity index (χ4v) is 2.42. The number of hydrogen-bond acceptors (Lipinski definition) is 3. The molecule has 0 saturated heterocycles. The summed E-state index contributed by atoms with van der Waals surface area (Å²) in [5, 5.41) is 2.53. The minimum Gasteiger partial charge on any atom is -0.423 e. The van der Waals surface area contributed by atoms with E-state index in [4.69, 9.17) is 4.74 Å². The molecule has 0 spiro atoms. The Balaban J connectivity index is 1.88. The van der Waals surface area contributed by atoms with E-state index < -0.39 is 0 Å². The van der Waals surface area contributed by atoms with Crippen LogP contribution in [0.4, 0.5) is 5.69 Å². The predicted molar refractivity (Wildman–Crippen MR) is 95.4 cm³/mol. The van der Waals surface area contributed by atoms with Crippen LogP contribution < -0.4 is 10.1 Å². The molecule has 0 atom stereocenters. The number of benzene rings is 2. The van der Waals surface area contributed by atoms with Gasteiger partial charge in [-0.3, -0.25) is 4.79 Å². The van der Waals surface area contributed by atoms with E-state index in [9.17, 15) is 9.59 Å². The number of amides is 1. The lowest BCUT2D eigenvalue weighted by Gasteiger charge is -2.06. The summed E-state index contributed by atoms with van der Waals surface area (Å²) in [4.78, 5) is 22.5. The third kappa shape index (κ3) is 5.54. The zero-order valence-electron chi connectivity index (χ0n) is 14.0. The molecule has 24 heavy (non-hydrogen) atoms. The molecule has 0 aliphatic carbocycles. The van der Waals surface area contributed by atoms with Gasteiger partial charge in [-0.25, -0.2) is 4.79 Å². The SMILES string of the molecule is CCCCCCc1ccc(C(=O)Oc2ccc(NC=O)cc2)cc1. The van der Waals surface area contributed by atoms with Gasteiger partial charge in [0.05, 0.1) is 5.56 Å². The first-order chi connectivity index (χ1) is 11.7. The number of nitrogens with one attached hydrogen (secondary N) is 1. The van der Waals surface area contributed by atoms with Crippen molar-refractivity contribution in [1.29, 1.82) is 0 Å². The molecule has 2 aromatic rings. The van der Waals surface area contributed by atoms with Gasteiger partial charge in [0.1, 0.15) is 5.75 Å². The van der Waals surface area contributed by atoms with E-state index in [1.165, 1.54) is 31.2 Å². The first-order valence-electron chi connectivity index (χ1n) is 8.34. The summed E-state index contributed by atoms with van der Waals surface area (Å²) in [7, 11) is 0. The first kappa shape index (κ1) is 17.7. The summed E-state index contributed by atoms with van der Waals surface area (Å²) >= 11 is 0. The van der Waals surface area contributed by atoms with Crippen molar-refractivity contribution in [3.05, 3.63) is 59.7 Å². The van der Waals surface area contributed by atoms with Crippen molar-refractivity contribution in [2.45, 2.75) is 39.0 Å². The molecule has 0 fully saturated rings. The van der Waals surface area contributed by atoms with Crippen LogP contribution in [-0.2, 0) is 11.2 Å². The Bertz CT molecular complexity index is 648. The van der Waals surface area contributed by atoms with Gasteiger partial charge in [-0.1, -0.05) is 38.3 Å². The molecular formula is C20H23NO3. The number of carbonyl (C=O) groups is 2. The van der Waals surface area contributed by atoms with Gasteiger partial charge >= 0.3 is 5.97 Å². The van der Waals surface area contributed by atoms with E-state index >= 15 is 0 Å². The largest absolute Gasteiger partial charge is 0.423 e. The Morgan fingerprint density at radius 2 is 1.71 bits per heavy atom. The first-order valence-corrected chi connectivity index (χ1v) is 8.34. The highest BCUT2D eigenvalue weighted by atomic mass is 16.5. The second-order valence-electron chi connectivity index (χ2n) is 5.68. The second kappa shape index (κ2) is 9.50. The third-order valence-corrected chi connectivity index (χ3v) is 3.80. The van der Waals surface area contributed by atoms with E-state index in [0.29, 0.717) is 23.4 Å². The smallest absolute Gasteiger partial charge is 0.343 e. The molecule has 0 aliphatic heterocycles. The molecule has 4 heteroatoms. The van der Waals surface area contributed by atoms with Crippen molar-refractivity contribution >= 4 is 18.1 Å². The average Bonchev–Trinajstić information content (AvgIpc) is 2.61. The van der Waals surface area contributed by atoms with Crippen molar-refractivity contribution in [3.8, 4) is 5.75 Å². The minimum absolute atomic E-state index is 0.386. The highest BCUT2D eigenvalue weighted by Gasteiger charge is 2.08. The Labute approximate surface area is 142 Å². The average molecular weight is 325 g/mol. The molecular weight excluding hydrogens is 302 g/mol. The van der Waals surface area contributed by atoms with Crippen LogP contribution in [0.15, 0.2) is 48.5 Å². The third-order valence-electron chi connectivity index (χ3n) is 3.80. The number of esters is 1. The zero-order chi connectivity index (χ0) is 17.2. The molecule has 2 rings (SSSR count). The normalized spacial score (nSPS) is 10.2. The highest BCUT2D eigenvalue weighted by molar-refractivity contribution is 5.91. The molecule has 0 aliphatic rings. The molecule has 1 N–H and O–H groups in total.